The molecule has 160 valence electrons. The Labute approximate surface area is 185 Å². The fourth-order valence-corrected chi connectivity index (χ4v) is 5.56. The molecule has 3 aromatic rings. The third kappa shape index (κ3) is 4.06. The summed E-state index contributed by atoms with van der Waals surface area (Å²) in [6, 6.07) is 13.5. The van der Waals surface area contributed by atoms with Gasteiger partial charge in [-0.25, -0.2) is 4.98 Å². The molecule has 2 atom stereocenters. The smallest absolute Gasteiger partial charge is 0.262 e. The number of thioether (sulfide) groups is 1. The number of aromatic nitrogens is 2. The highest BCUT2D eigenvalue weighted by Gasteiger charge is 2.24. The second-order valence-electron chi connectivity index (χ2n) is 8.42. The number of ether oxygens (including phenoxy) is 1. The molecule has 0 spiro atoms. The molecular formula is C25H26N2O3S. The maximum absolute atomic E-state index is 13.3. The largest absolute Gasteiger partial charge is 0.376 e. The first-order valence-electron chi connectivity index (χ1n) is 11.0. The zero-order chi connectivity index (χ0) is 21.4. The van der Waals surface area contributed by atoms with E-state index in [0.717, 1.165) is 44.3 Å². The van der Waals surface area contributed by atoms with Crippen molar-refractivity contribution >= 4 is 28.4 Å². The number of hydrogen-bond donors (Lipinski definition) is 0. The van der Waals surface area contributed by atoms with Gasteiger partial charge in [-0.05, 0) is 68.4 Å². The minimum absolute atomic E-state index is 0.0164. The Balaban J connectivity index is 1.46. The van der Waals surface area contributed by atoms with E-state index in [-0.39, 0.29) is 22.7 Å². The molecular weight excluding hydrogens is 408 g/mol. The van der Waals surface area contributed by atoms with Crippen molar-refractivity contribution in [2.75, 3.05) is 6.61 Å². The number of hydrogen-bond acceptors (Lipinski definition) is 5. The molecule has 1 aliphatic carbocycles. The lowest BCUT2D eigenvalue weighted by Gasteiger charge is -2.18. The van der Waals surface area contributed by atoms with Crippen molar-refractivity contribution in [1.82, 2.24) is 9.55 Å². The van der Waals surface area contributed by atoms with Crippen molar-refractivity contribution in [1.29, 1.82) is 0 Å². The van der Waals surface area contributed by atoms with Crippen molar-refractivity contribution in [3.8, 4) is 0 Å². The molecule has 31 heavy (non-hydrogen) atoms. The summed E-state index contributed by atoms with van der Waals surface area (Å²) in [5.74, 6) is 0.0748. The molecule has 0 radical (unpaired) electrons. The highest BCUT2D eigenvalue weighted by molar-refractivity contribution is 8.00. The Morgan fingerprint density at radius 3 is 2.87 bits per heavy atom. The van der Waals surface area contributed by atoms with Gasteiger partial charge in [0.2, 0.25) is 0 Å². The summed E-state index contributed by atoms with van der Waals surface area (Å²) in [7, 11) is 0. The third-order valence-corrected chi connectivity index (χ3v) is 7.36. The number of ketones is 1. The van der Waals surface area contributed by atoms with Crippen LogP contribution in [0.1, 0.15) is 47.7 Å². The Hall–Kier alpha value is -2.44. The van der Waals surface area contributed by atoms with Gasteiger partial charge in [-0.3, -0.25) is 14.2 Å². The molecule has 1 fully saturated rings. The van der Waals surface area contributed by atoms with Crippen LogP contribution in [0.4, 0.5) is 0 Å². The van der Waals surface area contributed by atoms with Gasteiger partial charge in [0.05, 0.1) is 28.8 Å². The second-order valence-corrected chi connectivity index (χ2v) is 9.73. The monoisotopic (exact) mass is 434 g/mol. The summed E-state index contributed by atoms with van der Waals surface area (Å²) < 4.78 is 7.48. The lowest BCUT2D eigenvalue weighted by atomic mass is 10.0. The Kier molecular flexibility index (Phi) is 5.67. The van der Waals surface area contributed by atoms with E-state index in [2.05, 4.69) is 12.1 Å². The van der Waals surface area contributed by atoms with E-state index in [9.17, 15) is 9.59 Å². The predicted molar refractivity (Wildman–Crippen MR) is 123 cm³/mol. The maximum atomic E-state index is 13.3. The van der Waals surface area contributed by atoms with E-state index in [1.54, 1.807) is 4.57 Å². The molecule has 0 saturated carbocycles. The fraction of sp³-hybridized carbons (Fsp3) is 0.400. The van der Waals surface area contributed by atoms with Crippen LogP contribution >= 0.6 is 11.8 Å². The maximum Gasteiger partial charge on any atom is 0.262 e. The van der Waals surface area contributed by atoms with Gasteiger partial charge in [0, 0.05) is 12.2 Å². The Morgan fingerprint density at radius 1 is 1.19 bits per heavy atom. The third-order valence-electron chi connectivity index (χ3n) is 6.27. The summed E-state index contributed by atoms with van der Waals surface area (Å²) in [4.78, 5) is 31.2. The molecule has 1 aliphatic heterocycles. The molecule has 2 aromatic carbocycles. The van der Waals surface area contributed by atoms with E-state index in [0.29, 0.717) is 22.6 Å². The average Bonchev–Trinajstić information content (AvgIpc) is 3.47. The first-order valence-corrected chi connectivity index (χ1v) is 11.9. The van der Waals surface area contributed by atoms with Crippen molar-refractivity contribution < 1.29 is 9.53 Å². The van der Waals surface area contributed by atoms with Gasteiger partial charge in [0.25, 0.3) is 5.56 Å². The van der Waals surface area contributed by atoms with Crippen LogP contribution in [-0.4, -0.2) is 33.3 Å². The molecule has 2 aliphatic rings. The van der Waals surface area contributed by atoms with Gasteiger partial charge < -0.3 is 4.74 Å². The molecule has 5 nitrogen and oxygen atoms in total. The van der Waals surface area contributed by atoms with Gasteiger partial charge >= 0.3 is 0 Å². The van der Waals surface area contributed by atoms with E-state index >= 15 is 0 Å². The average molecular weight is 435 g/mol. The summed E-state index contributed by atoms with van der Waals surface area (Å²) in [6.45, 7) is 3.10. The number of aryl methyl sites for hydroxylation is 2. The first-order chi connectivity index (χ1) is 15.1. The summed E-state index contributed by atoms with van der Waals surface area (Å²) in [5, 5.41) is 0.840. The van der Waals surface area contributed by atoms with Crippen LogP contribution in [0.3, 0.4) is 0 Å². The number of nitrogens with zero attached hydrogens (tertiary/aromatic N) is 2. The number of carbonyl (C=O) groups excluding carboxylic acids is 1. The SMILES string of the molecule is C[C@H](Sc1nc2ccccc2c(=O)n1C[C@@H]1CCCO1)C(=O)c1ccc2c(c1)CCC2. The zero-order valence-corrected chi connectivity index (χ0v) is 18.5. The molecule has 0 N–H and O–H groups in total. The summed E-state index contributed by atoms with van der Waals surface area (Å²) in [6.07, 6.45) is 5.27. The van der Waals surface area contributed by atoms with Crippen LogP contribution in [0.25, 0.3) is 10.9 Å². The van der Waals surface area contributed by atoms with E-state index in [1.807, 2.05) is 37.3 Å². The molecule has 2 heterocycles. The van der Waals surface area contributed by atoms with Crippen LogP contribution in [0.15, 0.2) is 52.4 Å². The predicted octanol–water partition coefficient (Wildman–Crippen LogP) is 4.43. The van der Waals surface area contributed by atoms with Crippen molar-refractivity contribution in [3.05, 3.63) is 69.5 Å². The van der Waals surface area contributed by atoms with Gasteiger partial charge in [0.15, 0.2) is 10.9 Å². The second kappa shape index (κ2) is 8.60. The minimum Gasteiger partial charge on any atom is -0.376 e. The molecule has 1 saturated heterocycles. The lowest BCUT2D eigenvalue weighted by Crippen LogP contribution is -2.29. The van der Waals surface area contributed by atoms with Crippen molar-refractivity contribution in [3.63, 3.8) is 0 Å². The number of benzene rings is 2. The Morgan fingerprint density at radius 2 is 2.03 bits per heavy atom. The normalized spacial score (nSPS) is 18.9. The van der Waals surface area contributed by atoms with E-state index in [1.165, 1.54) is 22.9 Å². The minimum atomic E-state index is -0.344. The van der Waals surface area contributed by atoms with Crippen LogP contribution in [0.2, 0.25) is 0 Å². The highest BCUT2D eigenvalue weighted by atomic mass is 32.2. The molecule has 0 amide bonds. The quantitative estimate of drug-likeness (QED) is 0.326. The van der Waals surface area contributed by atoms with E-state index < -0.39 is 0 Å². The summed E-state index contributed by atoms with van der Waals surface area (Å²) in [5.41, 5.74) is 3.99. The molecule has 0 bridgehead atoms. The molecule has 6 heteroatoms. The molecule has 0 unspecified atom stereocenters. The highest BCUT2D eigenvalue weighted by Crippen LogP contribution is 2.28. The first kappa shape index (κ1) is 20.5. The van der Waals surface area contributed by atoms with Crippen LogP contribution in [-0.2, 0) is 24.1 Å². The van der Waals surface area contributed by atoms with Crippen LogP contribution in [0, 0.1) is 0 Å². The van der Waals surface area contributed by atoms with Crippen LogP contribution < -0.4 is 5.56 Å². The van der Waals surface area contributed by atoms with Crippen molar-refractivity contribution in [2.45, 2.75) is 62.1 Å². The van der Waals surface area contributed by atoms with Gasteiger partial charge in [-0.2, -0.15) is 0 Å². The lowest BCUT2D eigenvalue weighted by molar-refractivity contribution is 0.0937. The van der Waals surface area contributed by atoms with E-state index in [4.69, 9.17) is 9.72 Å². The fourth-order valence-electron chi connectivity index (χ4n) is 4.56. The van der Waals surface area contributed by atoms with Gasteiger partial charge in [-0.1, -0.05) is 36.0 Å². The number of fused-ring (bicyclic) bond motifs is 2. The number of para-hydroxylation sites is 1. The number of rotatable bonds is 6. The standard InChI is InChI=1S/C25H26N2O3S/c1-16(23(28)19-12-11-17-6-4-7-18(17)14-19)31-25-26-22-10-3-2-9-21(22)24(29)27(25)15-20-8-5-13-30-20/h2-3,9-12,14,16,20H,4-8,13,15H2,1H3/t16-,20-/m0/s1. The van der Waals surface area contributed by atoms with Crippen LogP contribution in [0.5, 0.6) is 0 Å². The van der Waals surface area contributed by atoms with Gasteiger partial charge in [0.1, 0.15) is 0 Å². The molecule has 1 aromatic heterocycles. The topological polar surface area (TPSA) is 61.2 Å². The summed E-state index contributed by atoms with van der Waals surface area (Å²) >= 11 is 1.37. The molecule has 5 rings (SSSR count). The van der Waals surface area contributed by atoms with Crippen molar-refractivity contribution in [2.24, 2.45) is 0 Å². The number of carbonyl (C=O) groups is 1. The Bertz CT molecular complexity index is 1200. The van der Waals surface area contributed by atoms with Gasteiger partial charge in [-0.15, -0.1) is 0 Å². The zero-order valence-electron chi connectivity index (χ0n) is 17.7. The number of Topliss-reactive ketones (excluding diaryl/α,β-unsaturated/α-hetero) is 1.